The standard InChI is InChI=1S/C19H17ClN2O3/c1-12(25-16-8-4-3-7-14(16)20)19(23)22-15-9-10-17(24-2)18-13(15)6-5-11-21-18/h3-12H,1-2H3,(H,22,23). The summed E-state index contributed by atoms with van der Waals surface area (Å²) in [5.41, 5.74) is 1.32. The number of nitrogens with one attached hydrogen (secondary N) is 1. The molecule has 0 bridgehead atoms. The van der Waals surface area contributed by atoms with Gasteiger partial charge in [-0.15, -0.1) is 0 Å². The number of nitrogens with zero attached hydrogens (tertiary/aromatic N) is 1. The van der Waals surface area contributed by atoms with E-state index in [0.717, 1.165) is 5.39 Å². The predicted octanol–water partition coefficient (Wildman–Crippen LogP) is 4.30. The van der Waals surface area contributed by atoms with E-state index < -0.39 is 6.10 Å². The lowest BCUT2D eigenvalue weighted by Gasteiger charge is -2.17. The quantitative estimate of drug-likeness (QED) is 0.740. The second-order valence-corrected chi connectivity index (χ2v) is 5.80. The van der Waals surface area contributed by atoms with E-state index in [-0.39, 0.29) is 5.91 Å². The minimum atomic E-state index is -0.714. The third-order valence-corrected chi connectivity index (χ3v) is 4.03. The van der Waals surface area contributed by atoms with Gasteiger partial charge in [0.2, 0.25) is 0 Å². The highest BCUT2D eigenvalue weighted by atomic mass is 35.5. The molecule has 0 saturated carbocycles. The topological polar surface area (TPSA) is 60.5 Å². The smallest absolute Gasteiger partial charge is 0.265 e. The molecule has 0 fully saturated rings. The molecule has 0 aliphatic carbocycles. The van der Waals surface area contributed by atoms with E-state index in [1.807, 2.05) is 6.07 Å². The lowest BCUT2D eigenvalue weighted by molar-refractivity contribution is -0.122. The summed E-state index contributed by atoms with van der Waals surface area (Å²) < 4.78 is 11.0. The Labute approximate surface area is 150 Å². The Morgan fingerprint density at radius 2 is 1.92 bits per heavy atom. The number of para-hydroxylation sites is 1. The number of anilines is 1. The Kier molecular flexibility index (Phi) is 5.05. The molecule has 1 unspecified atom stereocenters. The SMILES string of the molecule is COc1ccc(NC(=O)C(C)Oc2ccccc2Cl)c2cccnc12. The lowest BCUT2D eigenvalue weighted by atomic mass is 10.1. The first-order valence-electron chi connectivity index (χ1n) is 7.74. The molecular weight excluding hydrogens is 340 g/mol. The number of hydrogen-bond acceptors (Lipinski definition) is 4. The molecule has 128 valence electrons. The molecule has 0 radical (unpaired) electrons. The second kappa shape index (κ2) is 7.40. The molecule has 3 rings (SSSR count). The van der Waals surface area contributed by atoms with Crippen LogP contribution in [0.4, 0.5) is 5.69 Å². The number of rotatable bonds is 5. The van der Waals surface area contributed by atoms with E-state index in [2.05, 4.69) is 10.3 Å². The number of carbonyl (C=O) groups is 1. The molecular formula is C19H17ClN2O3. The Bertz CT molecular complexity index is 914. The molecule has 0 spiro atoms. The number of hydrogen-bond donors (Lipinski definition) is 1. The van der Waals surface area contributed by atoms with Gasteiger partial charge in [0.15, 0.2) is 6.10 Å². The Morgan fingerprint density at radius 1 is 1.12 bits per heavy atom. The van der Waals surface area contributed by atoms with Crippen LogP contribution in [0, 0.1) is 0 Å². The van der Waals surface area contributed by atoms with Gasteiger partial charge in [0.05, 0.1) is 17.8 Å². The molecule has 25 heavy (non-hydrogen) atoms. The number of aromatic nitrogens is 1. The third-order valence-electron chi connectivity index (χ3n) is 3.72. The summed E-state index contributed by atoms with van der Waals surface area (Å²) in [7, 11) is 1.58. The van der Waals surface area contributed by atoms with Crippen molar-refractivity contribution in [2.24, 2.45) is 0 Å². The van der Waals surface area contributed by atoms with Crippen LogP contribution in [0.2, 0.25) is 5.02 Å². The van der Waals surface area contributed by atoms with E-state index in [0.29, 0.717) is 27.7 Å². The van der Waals surface area contributed by atoms with Gasteiger partial charge in [-0.25, -0.2) is 0 Å². The molecule has 0 aliphatic heterocycles. The fraction of sp³-hybridized carbons (Fsp3) is 0.158. The highest BCUT2D eigenvalue weighted by Gasteiger charge is 2.18. The van der Waals surface area contributed by atoms with Gasteiger partial charge in [-0.1, -0.05) is 23.7 Å². The van der Waals surface area contributed by atoms with Crippen LogP contribution in [0.5, 0.6) is 11.5 Å². The van der Waals surface area contributed by atoms with Crippen molar-refractivity contribution in [1.29, 1.82) is 0 Å². The van der Waals surface area contributed by atoms with Gasteiger partial charge >= 0.3 is 0 Å². The molecule has 1 N–H and O–H groups in total. The van der Waals surface area contributed by atoms with Crippen molar-refractivity contribution in [3.63, 3.8) is 0 Å². The molecule has 6 heteroatoms. The molecule has 3 aromatic rings. The lowest BCUT2D eigenvalue weighted by Crippen LogP contribution is -2.30. The molecule has 5 nitrogen and oxygen atoms in total. The number of fused-ring (bicyclic) bond motifs is 1. The zero-order valence-corrected chi connectivity index (χ0v) is 14.6. The van der Waals surface area contributed by atoms with Gasteiger partial charge < -0.3 is 14.8 Å². The number of benzene rings is 2. The predicted molar refractivity (Wildman–Crippen MR) is 98.5 cm³/mol. The van der Waals surface area contributed by atoms with Gasteiger partial charge in [0, 0.05) is 11.6 Å². The summed E-state index contributed by atoms with van der Waals surface area (Å²) >= 11 is 6.07. The zero-order chi connectivity index (χ0) is 17.8. The highest BCUT2D eigenvalue weighted by Crippen LogP contribution is 2.30. The maximum Gasteiger partial charge on any atom is 0.265 e. The van der Waals surface area contributed by atoms with Crippen molar-refractivity contribution in [3.05, 3.63) is 59.8 Å². The average Bonchev–Trinajstić information content (AvgIpc) is 2.63. The van der Waals surface area contributed by atoms with Crippen LogP contribution in [-0.4, -0.2) is 24.1 Å². The molecule has 1 aromatic heterocycles. The van der Waals surface area contributed by atoms with Crippen molar-refractivity contribution in [3.8, 4) is 11.5 Å². The fourth-order valence-electron chi connectivity index (χ4n) is 2.44. The largest absolute Gasteiger partial charge is 0.494 e. The van der Waals surface area contributed by atoms with Gasteiger partial charge in [-0.3, -0.25) is 9.78 Å². The number of ether oxygens (including phenoxy) is 2. The van der Waals surface area contributed by atoms with Gasteiger partial charge in [0.25, 0.3) is 5.91 Å². The van der Waals surface area contributed by atoms with Crippen LogP contribution in [0.1, 0.15) is 6.92 Å². The monoisotopic (exact) mass is 356 g/mol. The zero-order valence-electron chi connectivity index (χ0n) is 13.8. The normalized spacial score (nSPS) is 11.8. The Balaban J connectivity index is 1.81. The van der Waals surface area contributed by atoms with Crippen molar-refractivity contribution < 1.29 is 14.3 Å². The van der Waals surface area contributed by atoms with Gasteiger partial charge in [0.1, 0.15) is 17.0 Å². The summed E-state index contributed by atoms with van der Waals surface area (Å²) in [5, 5.41) is 4.12. The average molecular weight is 357 g/mol. The first-order chi connectivity index (χ1) is 12.1. The molecule has 1 atom stereocenters. The first kappa shape index (κ1) is 17.0. The van der Waals surface area contributed by atoms with E-state index in [9.17, 15) is 4.79 Å². The molecule has 1 heterocycles. The molecule has 1 amide bonds. The van der Waals surface area contributed by atoms with Crippen LogP contribution in [0.25, 0.3) is 10.9 Å². The summed E-state index contributed by atoms with van der Waals surface area (Å²) in [5.74, 6) is 0.831. The summed E-state index contributed by atoms with van der Waals surface area (Å²) in [6.45, 7) is 1.67. The number of methoxy groups -OCH3 is 1. The van der Waals surface area contributed by atoms with E-state index >= 15 is 0 Å². The molecule has 0 aliphatic rings. The van der Waals surface area contributed by atoms with Crippen molar-refractivity contribution >= 4 is 34.1 Å². The number of amides is 1. The number of halogens is 1. The van der Waals surface area contributed by atoms with Crippen molar-refractivity contribution in [2.75, 3.05) is 12.4 Å². The molecule has 0 saturated heterocycles. The summed E-state index contributed by atoms with van der Waals surface area (Å²) in [6, 6.07) is 14.3. The van der Waals surface area contributed by atoms with Crippen LogP contribution >= 0.6 is 11.6 Å². The second-order valence-electron chi connectivity index (χ2n) is 5.39. The van der Waals surface area contributed by atoms with Crippen LogP contribution in [0.3, 0.4) is 0 Å². The Morgan fingerprint density at radius 3 is 2.68 bits per heavy atom. The summed E-state index contributed by atoms with van der Waals surface area (Å²) in [4.78, 5) is 16.8. The van der Waals surface area contributed by atoms with Crippen molar-refractivity contribution in [2.45, 2.75) is 13.0 Å². The van der Waals surface area contributed by atoms with E-state index in [1.165, 1.54) is 0 Å². The Hall–Kier alpha value is -2.79. The molecule has 2 aromatic carbocycles. The van der Waals surface area contributed by atoms with Gasteiger partial charge in [-0.05, 0) is 43.3 Å². The van der Waals surface area contributed by atoms with Crippen LogP contribution in [0.15, 0.2) is 54.7 Å². The minimum absolute atomic E-state index is 0.282. The van der Waals surface area contributed by atoms with E-state index in [4.69, 9.17) is 21.1 Å². The minimum Gasteiger partial charge on any atom is -0.494 e. The first-order valence-corrected chi connectivity index (χ1v) is 8.11. The number of carbonyl (C=O) groups excluding carboxylic acids is 1. The fourth-order valence-corrected chi connectivity index (χ4v) is 2.62. The maximum absolute atomic E-state index is 12.5. The van der Waals surface area contributed by atoms with E-state index in [1.54, 1.807) is 62.7 Å². The van der Waals surface area contributed by atoms with Crippen molar-refractivity contribution in [1.82, 2.24) is 4.98 Å². The van der Waals surface area contributed by atoms with Crippen LogP contribution < -0.4 is 14.8 Å². The third kappa shape index (κ3) is 3.67. The van der Waals surface area contributed by atoms with Crippen LogP contribution in [-0.2, 0) is 4.79 Å². The van der Waals surface area contributed by atoms with Gasteiger partial charge in [-0.2, -0.15) is 0 Å². The number of pyridine rings is 1. The summed E-state index contributed by atoms with van der Waals surface area (Å²) in [6.07, 6.45) is 0.966. The maximum atomic E-state index is 12.5. The highest BCUT2D eigenvalue weighted by molar-refractivity contribution is 6.32.